The summed E-state index contributed by atoms with van der Waals surface area (Å²) in [6, 6.07) is 8.17. The monoisotopic (exact) mass is 560 g/mol. The van der Waals surface area contributed by atoms with Crippen LogP contribution in [0.3, 0.4) is 0 Å². The van der Waals surface area contributed by atoms with E-state index < -0.39 is 12.1 Å². The van der Waals surface area contributed by atoms with Crippen LogP contribution in [0.15, 0.2) is 36.1 Å². The van der Waals surface area contributed by atoms with Crippen molar-refractivity contribution in [3.8, 4) is 0 Å². The summed E-state index contributed by atoms with van der Waals surface area (Å²) in [6.07, 6.45) is 28.0. The van der Waals surface area contributed by atoms with Gasteiger partial charge >= 0.3 is 0 Å². The Morgan fingerprint density at radius 3 is 1.28 bits per heavy atom. The molecule has 4 saturated carbocycles. The van der Waals surface area contributed by atoms with Crippen LogP contribution in [0.5, 0.6) is 0 Å². The van der Waals surface area contributed by atoms with Gasteiger partial charge in [-0.15, -0.1) is 0 Å². The van der Waals surface area contributed by atoms with Gasteiger partial charge in [-0.25, -0.2) is 0 Å². The van der Waals surface area contributed by atoms with Gasteiger partial charge in [0.1, 0.15) is 0 Å². The van der Waals surface area contributed by atoms with Crippen molar-refractivity contribution in [3.63, 3.8) is 0 Å². The predicted molar refractivity (Wildman–Crippen MR) is 170 cm³/mol. The van der Waals surface area contributed by atoms with Gasteiger partial charge in [0.25, 0.3) is 0 Å². The first-order chi connectivity index (χ1) is 17.6. The summed E-state index contributed by atoms with van der Waals surface area (Å²) in [5, 5.41) is 1.66. The molecule has 0 heterocycles. The SMILES string of the molecule is S=P(/C=C(\c1ccccc1)P(=S)(C1CCCCC1)C1CCCCC1)(C1CCCCC1)C1CCCCC1. The number of hydrogen-bond donors (Lipinski definition) is 0. The zero-order valence-corrected chi connectivity index (χ0v) is 26.0. The lowest BCUT2D eigenvalue weighted by atomic mass is 9.99. The van der Waals surface area contributed by atoms with Crippen molar-refractivity contribution in [1.82, 2.24) is 0 Å². The molecule has 4 aliphatic carbocycles. The van der Waals surface area contributed by atoms with Crippen LogP contribution in [0.4, 0.5) is 0 Å². The summed E-state index contributed by atoms with van der Waals surface area (Å²) in [4.78, 5) is 0. The first-order valence-electron chi connectivity index (χ1n) is 15.6. The fourth-order valence-electron chi connectivity index (χ4n) is 8.27. The number of hydrogen-bond acceptors (Lipinski definition) is 2. The summed E-state index contributed by atoms with van der Waals surface area (Å²) in [5.41, 5.74) is 4.56. The van der Waals surface area contributed by atoms with Gasteiger partial charge in [-0.05, 0) is 103 Å². The molecule has 0 N–H and O–H groups in total. The molecule has 0 atom stereocenters. The molecule has 0 aromatic heterocycles. The van der Waals surface area contributed by atoms with Crippen LogP contribution in [0.2, 0.25) is 0 Å². The third-order valence-electron chi connectivity index (χ3n) is 10.3. The van der Waals surface area contributed by atoms with Crippen molar-refractivity contribution in [1.29, 1.82) is 0 Å². The summed E-state index contributed by atoms with van der Waals surface area (Å²) in [6.45, 7) is 0. The Bertz CT molecular complexity index is 900. The van der Waals surface area contributed by atoms with Gasteiger partial charge in [0.2, 0.25) is 0 Å². The quantitative estimate of drug-likeness (QED) is 0.304. The molecule has 0 spiro atoms. The van der Waals surface area contributed by atoms with E-state index in [0.29, 0.717) is 0 Å². The zero-order valence-electron chi connectivity index (χ0n) is 22.6. The first kappa shape index (κ1) is 27.8. The van der Waals surface area contributed by atoms with Crippen LogP contribution in [-0.2, 0) is 23.6 Å². The molecule has 4 aliphatic rings. The average Bonchev–Trinajstić information content (AvgIpc) is 2.97. The molecule has 5 rings (SSSR count). The second-order valence-corrected chi connectivity index (χ2v) is 22.8. The maximum atomic E-state index is 7.23. The minimum absolute atomic E-state index is 0.761. The van der Waals surface area contributed by atoms with E-state index in [9.17, 15) is 0 Å². The molecule has 0 aliphatic heterocycles. The Labute approximate surface area is 232 Å². The Balaban J connectivity index is 1.67. The minimum atomic E-state index is -1.75. The maximum absolute atomic E-state index is 7.23. The third kappa shape index (κ3) is 6.03. The van der Waals surface area contributed by atoms with E-state index in [1.165, 1.54) is 134 Å². The normalized spacial score (nSPS) is 25.2. The van der Waals surface area contributed by atoms with Crippen LogP contribution in [0.1, 0.15) is 134 Å². The fourth-order valence-corrected chi connectivity index (χ4v) is 21.5. The molecule has 0 bridgehead atoms. The second-order valence-electron chi connectivity index (χ2n) is 12.5. The van der Waals surface area contributed by atoms with E-state index in [0.717, 1.165) is 22.6 Å². The van der Waals surface area contributed by atoms with E-state index in [1.54, 1.807) is 5.31 Å². The highest BCUT2D eigenvalue weighted by molar-refractivity contribution is 8.21. The molecule has 0 unspecified atom stereocenters. The van der Waals surface area contributed by atoms with Gasteiger partial charge in [0.15, 0.2) is 0 Å². The molecule has 0 amide bonds. The average molecular weight is 561 g/mol. The fraction of sp³-hybridized carbons (Fsp3) is 0.750. The molecule has 4 fully saturated rings. The van der Waals surface area contributed by atoms with Crippen molar-refractivity contribution in [3.05, 3.63) is 41.7 Å². The number of rotatable bonds is 7. The van der Waals surface area contributed by atoms with Crippen molar-refractivity contribution in [2.45, 2.75) is 151 Å². The van der Waals surface area contributed by atoms with Gasteiger partial charge in [-0.1, -0.05) is 131 Å². The molecule has 0 saturated heterocycles. The Morgan fingerprint density at radius 1 is 0.528 bits per heavy atom. The molecule has 0 nitrogen and oxygen atoms in total. The summed E-state index contributed by atoms with van der Waals surface area (Å²) in [5.74, 6) is 2.88. The van der Waals surface area contributed by atoms with Crippen LogP contribution in [0, 0.1) is 0 Å². The van der Waals surface area contributed by atoms with Crippen LogP contribution in [0.25, 0.3) is 5.31 Å². The molecular formula is C32H50P2S2. The summed E-state index contributed by atoms with van der Waals surface area (Å²) in [7, 11) is 0. The molecular weight excluding hydrogens is 510 g/mol. The van der Waals surface area contributed by atoms with Gasteiger partial charge in [0, 0.05) is 0 Å². The van der Waals surface area contributed by atoms with Gasteiger partial charge < -0.3 is 0 Å². The molecule has 0 radical (unpaired) electrons. The van der Waals surface area contributed by atoms with Crippen molar-refractivity contribution < 1.29 is 0 Å². The zero-order chi connectivity index (χ0) is 24.8. The largest absolute Gasteiger partial charge is 0.0926 e. The minimum Gasteiger partial charge on any atom is -0.0926 e. The highest BCUT2D eigenvalue weighted by Gasteiger charge is 2.43. The second kappa shape index (κ2) is 13.1. The van der Waals surface area contributed by atoms with Gasteiger partial charge in [0.05, 0.1) is 0 Å². The first-order valence-corrected chi connectivity index (χ1v) is 21.5. The highest BCUT2D eigenvalue weighted by atomic mass is 32.4. The maximum Gasteiger partial charge on any atom is -0.00526 e. The molecule has 200 valence electrons. The van der Waals surface area contributed by atoms with E-state index in [2.05, 4.69) is 36.1 Å². The topological polar surface area (TPSA) is 0 Å². The Morgan fingerprint density at radius 2 is 0.889 bits per heavy atom. The molecule has 1 aromatic rings. The Hall–Kier alpha value is 0.260. The van der Waals surface area contributed by atoms with Crippen LogP contribution in [-0.4, -0.2) is 22.6 Å². The predicted octanol–water partition coefficient (Wildman–Crippen LogP) is 11.3. The lowest BCUT2D eigenvalue weighted by Crippen LogP contribution is -2.25. The van der Waals surface area contributed by atoms with Crippen molar-refractivity contribution in [2.24, 2.45) is 0 Å². The standard InChI is InChI=1S/C32H50P2S2/c35-33(28-18-8-2-9-19-28,29-20-10-3-11-21-29)26-32(27-16-6-1-7-17-27)34(36,30-22-12-4-13-23-30)31-24-14-5-15-25-31/h1,6-7,16-17,26,28-31H,2-5,8-15,18-25H2/b32-26+. The molecule has 36 heavy (non-hydrogen) atoms. The number of benzene rings is 1. The summed E-state index contributed by atoms with van der Waals surface area (Å²) < 4.78 is 0. The lowest BCUT2D eigenvalue weighted by molar-refractivity contribution is 0.485. The van der Waals surface area contributed by atoms with Crippen molar-refractivity contribution >= 4 is 41.0 Å². The van der Waals surface area contributed by atoms with E-state index in [1.807, 2.05) is 0 Å². The van der Waals surface area contributed by atoms with E-state index in [4.69, 9.17) is 23.6 Å². The van der Waals surface area contributed by atoms with Crippen LogP contribution >= 0.6 is 12.1 Å². The molecule has 1 aromatic carbocycles. The smallest absolute Gasteiger partial charge is 0.00526 e. The third-order valence-corrected chi connectivity index (χ3v) is 23.3. The highest BCUT2D eigenvalue weighted by Crippen LogP contribution is 2.75. The van der Waals surface area contributed by atoms with Gasteiger partial charge in [-0.2, -0.15) is 0 Å². The van der Waals surface area contributed by atoms with Crippen LogP contribution < -0.4 is 0 Å². The van der Waals surface area contributed by atoms with E-state index in [-0.39, 0.29) is 0 Å². The summed E-state index contributed by atoms with van der Waals surface area (Å²) >= 11 is 14.3. The molecule has 4 heteroatoms. The van der Waals surface area contributed by atoms with Gasteiger partial charge in [-0.3, -0.25) is 0 Å². The Kier molecular flexibility index (Phi) is 10.1. The van der Waals surface area contributed by atoms with E-state index >= 15 is 0 Å². The lowest BCUT2D eigenvalue weighted by Gasteiger charge is -2.45. The van der Waals surface area contributed by atoms with Crippen molar-refractivity contribution in [2.75, 3.05) is 0 Å².